The van der Waals surface area contributed by atoms with Crippen molar-refractivity contribution in [3.63, 3.8) is 0 Å². The Kier molecular flexibility index (Phi) is 18.9. The molecule has 0 saturated carbocycles. The van der Waals surface area contributed by atoms with E-state index in [0.29, 0.717) is 17.5 Å². The minimum absolute atomic E-state index is 0.0191. The van der Waals surface area contributed by atoms with Gasteiger partial charge in [-0.15, -0.1) is 0 Å². The van der Waals surface area contributed by atoms with Crippen LogP contribution in [0.4, 0.5) is 0 Å². The number of aliphatic hydroxyl groups is 1. The van der Waals surface area contributed by atoms with Crippen molar-refractivity contribution < 1.29 is 57.8 Å². The van der Waals surface area contributed by atoms with Crippen molar-refractivity contribution in [2.45, 2.75) is 129 Å². The Hall–Kier alpha value is -4.91. The van der Waals surface area contributed by atoms with Gasteiger partial charge in [0, 0.05) is 26.3 Å². The third-order valence-corrected chi connectivity index (χ3v) is 10.1. The Morgan fingerprint density at radius 2 is 1.36 bits per heavy atom. The fourth-order valence-electron chi connectivity index (χ4n) is 6.47. The van der Waals surface area contributed by atoms with Crippen LogP contribution in [0.3, 0.4) is 0 Å². The van der Waals surface area contributed by atoms with Crippen LogP contribution in [0, 0.1) is 11.8 Å². The van der Waals surface area contributed by atoms with Gasteiger partial charge in [-0.05, 0) is 55.6 Å². The number of nitrogens with two attached hydrogens (primary N) is 2. The van der Waals surface area contributed by atoms with E-state index in [4.69, 9.17) is 11.5 Å². The predicted molar refractivity (Wildman–Crippen MR) is 210 cm³/mol. The molecule has 1 aromatic carbocycles. The molecule has 0 unspecified atom stereocenters. The highest BCUT2D eigenvalue weighted by Crippen LogP contribution is 2.39. The van der Waals surface area contributed by atoms with E-state index in [9.17, 15) is 57.8 Å². The molecule has 0 radical (unpaired) electrons. The van der Waals surface area contributed by atoms with Gasteiger partial charge in [-0.3, -0.25) is 42.9 Å². The Morgan fingerprint density at radius 3 is 1.86 bits per heavy atom. The molecule has 1 fully saturated rings. The third kappa shape index (κ3) is 16.2. The van der Waals surface area contributed by atoms with Crippen LogP contribution in [-0.4, -0.2) is 116 Å². The number of benzene rings is 1. The van der Waals surface area contributed by atoms with E-state index in [0.717, 1.165) is 0 Å². The molecule has 1 saturated heterocycles. The van der Waals surface area contributed by atoms with Gasteiger partial charge < -0.3 is 57.8 Å². The fraction of sp³-hybridized carbons (Fsp3) is 0.622. The van der Waals surface area contributed by atoms with Gasteiger partial charge in [-0.1, -0.05) is 52.0 Å². The molecule has 1 aliphatic heterocycles. The van der Waals surface area contributed by atoms with E-state index in [2.05, 4.69) is 26.6 Å². The molecule has 0 bridgehead atoms. The van der Waals surface area contributed by atoms with Crippen LogP contribution in [0.25, 0.3) is 0 Å². The first-order chi connectivity index (χ1) is 26.9. The number of hydrogen-bond donors (Lipinski definition) is 10. The fourth-order valence-corrected chi connectivity index (χ4v) is 7.16. The van der Waals surface area contributed by atoms with Crippen molar-refractivity contribution >= 4 is 54.9 Å². The van der Waals surface area contributed by atoms with Crippen molar-refractivity contribution in [2.24, 2.45) is 23.3 Å². The first-order valence-corrected chi connectivity index (χ1v) is 20.9. The highest BCUT2D eigenvalue weighted by atomic mass is 31.2. The second-order valence-corrected chi connectivity index (χ2v) is 17.0. The molecule has 8 amide bonds. The van der Waals surface area contributed by atoms with Crippen molar-refractivity contribution in [1.29, 1.82) is 0 Å². The first kappa shape index (κ1) is 49.2. The summed E-state index contributed by atoms with van der Waals surface area (Å²) in [6.07, 6.45) is -1.91. The van der Waals surface area contributed by atoms with Gasteiger partial charge in [0.25, 0.3) is 0 Å². The van der Waals surface area contributed by atoms with E-state index < -0.39 is 109 Å². The molecular formula is C37H59N8O12P. The molecule has 0 spiro atoms. The summed E-state index contributed by atoms with van der Waals surface area (Å²) in [6, 6.07) is -1.44. The number of primary amides is 2. The Balaban J connectivity index is 2.30. The van der Waals surface area contributed by atoms with Crippen molar-refractivity contribution in [2.75, 3.05) is 6.54 Å². The summed E-state index contributed by atoms with van der Waals surface area (Å²) >= 11 is 0. The number of rotatable bonds is 22. The highest BCUT2D eigenvalue weighted by Gasteiger charge is 2.40. The van der Waals surface area contributed by atoms with Gasteiger partial charge in [-0.2, -0.15) is 0 Å². The molecule has 12 N–H and O–H groups in total. The molecule has 20 nitrogen and oxygen atoms in total. The monoisotopic (exact) mass is 838 g/mol. The number of aliphatic hydroxyl groups excluding tert-OH is 1. The smallest absolute Gasteiger partial charge is 0.329 e. The van der Waals surface area contributed by atoms with E-state index in [1.807, 2.05) is 13.8 Å². The molecule has 1 aliphatic rings. The Morgan fingerprint density at radius 1 is 0.793 bits per heavy atom. The number of carbonyl (C=O) groups is 8. The molecule has 1 heterocycles. The number of nitrogens with zero attached hydrogens (tertiary/aromatic N) is 1. The molecule has 324 valence electrons. The van der Waals surface area contributed by atoms with Crippen LogP contribution in [0.15, 0.2) is 24.3 Å². The molecule has 2 rings (SSSR count). The highest BCUT2D eigenvalue weighted by molar-refractivity contribution is 7.50. The predicted octanol–water partition coefficient (Wildman–Crippen LogP) is -1.82. The second kappa shape index (κ2) is 22.3. The Bertz CT molecular complexity index is 1700. The molecule has 0 aromatic heterocycles. The van der Waals surface area contributed by atoms with Gasteiger partial charge in [0.05, 0.1) is 12.3 Å². The summed E-state index contributed by atoms with van der Waals surface area (Å²) in [6.45, 7) is 9.47. The van der Waals surface area contributed by atoms with Crippen LogP contribution in [0.5, 0.6) is 0 Å². The van der Waals surface area contributed by atoms with Gasteiger partial charge in [0.2, 0.25) is 47.3 Å². The number of amides is 8. The van der Waals surface area contributed by atoms with Gasteiger partial charge >= 0.3 is 7.60 Å². The van der Waals surface area contributed by atoms with Crippen LogP contribution < -0.4 is 38.1 Å². The van der Waals surface area contributed by atoms with Gasteiger partial charge in [0.1, 0.15) is 36.3 Å². The molecule has 0 aliphatic carbocycles. The third-order valence-electron chi connectivity index (χ3n) is 9.35. The maximum absolute atomic E-state index is 14.1. The van der Waals surface area contributed by atoms with E-state index in [1.165, 1.54) is 30.9 Å². The van der Waals surface area contributed by atoms with E-state index in [-0.39, 0.29) is 44.6 Å². The van der Waals surface area contributed by atoms with Crippen LogP contribution >= 0.6 is 7.60 Å². The number of carbonyl (C=O) groups excluding carboxylic acids is 8. The van der Waals surface area contributed by atoms with Crippen molar-refractivity contribution in [3.8, 4) is 0 Å². The van der Waals surface area contributed by atoms with Crippen molar-refractivity contribution in [3.05, 3.63) is 35.4 Å². The topological polar surface area (TPSA) is 330 Å². The van der Waals surface area contributed by atoms with Gasteiger partial charge in [0.15, 0.2) is 0 Å². The first-order valence-electron chi connectivity index (χ1n) is 19.1. The largest absolute Gasteiger partial charge is 0.391 e. The molecule has 7 atom stereocenters. The zero-order chi connectivity index (χ0) is 44.1. The number of hydrogen-bond acceptors (Lipinski definition) is 10. The molecule has 21 heteroatoms. The van der Waals surface area contributed by atoms with Gasteiger partial charge in [-0.25, -0.2) is 0 Å². The lowest BCUT2D eigenvalue weighted by Crippen LogP contribution is -2.61. The normalized spacial score (nSPS) is 17.3. The summed E-state index contributed by atoms with van der Waals surface area (Å²) in [5.74, 6) is -6.65. The number of likely N-dealkylation sites (tertiary alicyclic amines) is 1. The Labute approximate surface area is 337 Å². The maximum Gasteiger partial charge on any atom is 0.329 e. The standard InChI is InChI=1S/C37H59N8O12P/c1-19(2)16-27(42-34(51)26(40-22(6)47)17-23-9-11-24(12-10-23)18-58(55,56)57)37(54)45-15-7-8-28(45)35(52)41-25(13-14-29(38)48)33(50)44-31(21(5)46)36(53)43-30(20(3)4)32(39)49/h9-12,19-21,25-28,30-31,46H,7-8,13-18H2,1-6H3,(H2,38,48)(H2,39,49)(H,40,47)(H,41,52)(H,42,51)(H,43,53)(H,44,50)(H2,55,56,57)/t21-,25+,26+,27+,28-,30+,31+/m1/s1. The summed E-state index contributed by atoms with van der Waals surface area (Å²) in [4.78, 5) is 124. The lowest BCUT2D eigenvalue weighted by molar-refractivity contribution is -0.143. The number of nitrogens with one attached hydrogen (secondary N) is 5. The van der Waals surface area contributed by atoms with Crippen LogP contribution in [-0.2, 0) is 55.5 Å². The minimum Gasteiger partial charge on any atom is -0.391 e. The van der Waals surface area contributed by atoms with Crippen LogP contribution in [0.2, 0.25) is 0 Å². The van der Waals surface area contributed by atoms with E-state index >= 15 is 0 Å². The summed E-state index contributed by atoms with van der Waals surface area (Å²) in [7, 11) is -4.31. The van der Waals surface area contributed by atoms with Crippen molar-refractivity contribution in [1.82, 2.24) is 31.5 Å². The lowest BCUT2D eigenvalue weighted by atomic mass is 10.00. The average Bonchev–Trinajstić information content (AvgIpc) is 3.59. The quantitative estimate of drug-likeness (QED) is 0.0577. The van der Waals surface area contributed by atoms with E-state index in [1.54, 1.807) is 26.0 Å². The molecule has 58 heavy (non-hydrogen) atoms. The summed E-state index contributed by atoms with van der Waals surface area (Å²) in [5.41, 5.74) is 11.7. The average molecular weight is 839 g/mol. The molecule has 1 aromatic rings. The zero-order valence-corrected chi connectivity index (χ0v) is 34.6. The SMILES string of the molecule is CC(=O)N[C@@H](Cc1ccc(CP(=O)(O)O)cc1)C(=O)N[C@@H](CC(C)C)C(=O)N1CCC[C@@H]1C(=O)N[C@@H](CCC(N)=O)C(=O)N[C@H](C(=O)N[C@H](C(N)=O)C(C)C)[C@@H](C)O. The lowest BCUT2D eigenvalue weighted by Gasteiger charge is -2.31. The minimum atomic E-state index is -4.31. The maximum atomic E-state index is 14.1. The molecular weight excluding hydrogens is 779 g/mol. The zero-order valence-electron chi connectivity index (χ0n) is 33.7. The van der Waals surface area contributed by atoms with Crippen LogP contribution in [0.1, 0.15) is 84.8 Å². The summed E-state index contributed by atoms with van der Waals surface area (Å²) < 4.78 is 11.4. The summed E-state index contributed by atoms with van der Waals surface area (Å²) in [5, 5.41) is 23.0. The second-order valence-electron chi connectivity index (χ2n) is 15.4.